The summed E-state index contributed by atoms with van der Waals surface area (Å²) in [4.78, 5) is 14.7. The minimum atomic E-state index is 0.364. The molecule has 0 spiro atoms. The van der Waals surface area contributed by atoms with Crippen molar-refractivity contribution in [1.82, 2.24) is 10.2 Å². The zero-order valence-electron chi connectivity index (χ0n) is 12.1. The number of nitrogens with zero attached hydrogens (tertiary/aromatic N) is 1. The van der Waals surface area contributed by atoms with Gasteiger partial charge in [0.2, 0.25) is 5.91 Å². The molecule has 1 saturated heterocycles. The highest BCUT2D eigenvalue weighted by molar-refractivity contribution is 5.78. The molecular formula is C16H28N2O. The molecule has 0 aromatic rings. The van der Waals surface area contributed by atoms with Crippen LogP contribution in [0.2, 0.25) is 0 Å². The number of likely N-dealkylation sites (tertiary alicyclic amines) is 1. The summed E-state index contributed by atoms with van der Waals surface area (Å²) < 4.78 is 0. The molecule has 0 bridgehead atoms. The second kappa shape index (κ2) is 6.25. The molecule has 2 atom stereocenters. The molecule has 0 aromatic heterocycles. The molecule has 108 valence electrons. The smallest absolute Gasteiger partial charge is 0.236 e. The van der Waals surface area contributed by atoms with Crippen LogP contribution in [0.15, 0.2) is 0 Å². The Balaban J connectivity index is 1.52. The molecule has 2 saturated carbocycles. The summed E-state index contributed by atoms with van der Waals surface area (Å²) in [5, 5.41) is 3.48. The number of amides is 1. The highest BCUT2D eigenvalue weighted by Crippen LogP contribution is 2.35. The first-order valence-corrected chi connectivity index (χ1v) is 8.37. The third-order valence-corrected chi connectivity index (χ3v) is 5.46. The number of nitrogens with one attached hydrogen (secondary N) is 1. The fourth-order valence-electron chi connectivity index (χ4n) is 4.40. The summed E-state index contributed by atoms with van der Waals surface area (Å²) in [6.07, 6.45) is 13.1. The van der Waals surface area contributed by atoms with Crippen molar-refractivity contribution in [3.8, 4) is 0 Å². The van der Waals surface area contributed by atoms with Crippen LogP contribution in [0.5, 0.6) is 0 Å². The van der Waals surface area contributed by atoms with E-state index in [1.165, 1.54) is 64.2 Å². The molecule has 3 fully saturated rings. The van der Waals surface area contributed by atoms with Gasteiger partial charge in [-0.3, -0.25) is 4.79 Å². The van der Waals surface area contributed by atoms with E-state index in [9.17, 15) is 4.79 Å². The summed E-state index contributed by atoms with van der Waals surface area (Å²) in [7, 11) is 0. The molecule has 19 heavy (non-hydrogen) atoms. The van der Waals surface area contributed by atoms with Crippen molar-refractivity contribution in [2.75, 3.05) is 13.1 Å². The van der Waals surface area contributed by atoms with Crippen LogP contribution in [0.1, 0.15) is 64.2 Å². The molecule has 2 aliphatic carbocycles. The van der Waals surface area contributed by atoms with Crippen LogP contribution in [0.3, 0.4) is 0 Å². The molecule has 1 aliphatic heterocycles. The molecule has 3 aliphatic rings. The Morgan fingerprint density at radius 1 is 0.947 bits per heavy atom. The van der Waals surface area contributed by atoms with Gasteiger partial charge in [-0.05, 0) is 44.4 Å². The summed E-state index contributed by atoms with van der Waals surface area (Å²) >= 11 is 0. The van der Waals surface area contributed by atoms with Crippen LogP contribution < -0.4 is 5.32 Å². The maximum absolute atomic E-state index is 12.5. The van der Waals surface area contributed by atoms with E-state index in [1.54, 1.807) is 0 Å². The van der Waals surface area contributed by atoms with Crippen molar-refractivity contribution in [3.05, 3.63) is 0 Å². The molecular weight excluding hydrogens is 236 g/mol. The van der Waals surface area contributed by atoms with Crippen LogP contribution in [-0.4, -0.2) is 36.0 Å². The van der Waals surface area contributed by atoms with Gasteiger partial charge >= 0.3 is 0 Å². The summed E-state index contributed by atoms with van der Waals surface area (Å²) in [5.41, 5.74) is 0. The molecule has 0 aromatic carbocycles. The lowest BCUT2D eigenvalue weighted by Gasteiger charge is -2.44. The number of rotatable bonds is 3. The van der Waals surface area contributed by atoms with Crippen LogP contribution in [0.4, 0.5) is 0 Å². The van der Waals surface area contributed by atoms with Crippen LogP contribution in [0, 0.1) is 5.92 Å². The Morgan fingerprint density at radius 3 is 2.47 bits per heavy atom. The third-order valence-electron chi connectivity index (χ3n) is 5.46. The van der Waals surface area contributed by atoms with Gasteiger partial charge < -0.3 is 10.2 Å². The minimum absolute atomic E-state index is 0.364. The number of hydrogen-bond donors (Lipinski definition) is 1. The second-order valence-corrected chi connectivity index (χ2v) is 6.70. The van der Waals surface area contributed by atoms with Gasteiger partial charge in [0.15, 0.2) is 0 Å². The second-order valence-electron chi connectivity index (χ2n) is 6.70. The van der Waals surface area contributed by atoms with Crippen molar-refractivity contribution < 1.29 is 4.79 Å². The molecule has 1 heterocycles. The maximum Gasteiger partial charge on any atom is 0.236 e. The third kappa shape index (κ3) is 3.13. The highest BCUT2D eigenvalue weighted by atomic mass is 16.2. The van der Waals surface area contributed by atoms with Gasteiger partial charge in [0.05, 0.1) is 6.54 Å². The standard InChI is InChI=1S/C16H28N2O/c19-16(12-17-14-8-2-3-9-14)18-11-5-7-13-6-1-4-10-15(13)18/h13-15,17H,1-12H2. The van der Waals surface area contributed by atoms with Gasteiger partial charge in [0.25, 0.3) is 0 Å². The average Bonchev–Trinajstić information content (AvgIpc) is 2.97. The summed E-state index contributed by atoms with van der Waals surface area (Å²) in [5.74, 6) is 1.17. The van der Waals surface area contributed by atoms with Gasteiger partial charge in [0, 0.05) is 18.6 Å². The first-order valence-electron chi connectivity index (χ1n) is 8.37. The van der Waals surface area contributed by atoms with Gasteiger partial charge in [-0.15, -0.1) is 0 Å². The molecule has 0 radical (unpaired) electrons. The zero-order valence-corrected chi connectivity index (χ0v) is 12.1. The van der Waals surface area contributed by atoms with Crippen molar-refractivity contribution in [2.24, 2.45) is 5.92 Å². The molecule has 1 amide bonds. The lowest BCUT2D eigenvalue weighted by atomic mass is 9.78. The summed E-state index contributed by atoms with van der Waals surface area (Å²) in [6.45, 7) is 1.58. The molecule has 2 unspecified atom stereocenters. The van der Waals surface area contributed by atoms with Gasteiger partial charge in [-0.1, -0.05) is 25.7 Å². The first-order chi connectivity index (χ1) is 9.34. The molecule has 3 nitrogen and oxygen atoms in total. The maximum atomic E-state index is 12.5. The lowest BCUT2D eigenvalue weighted by molar-refractivity contribution is -0.136. The first kappa shape index (κ1) is 13.4. The number of hydrogen-bond acceptors (Lipinski definition) is 2. The quantitative estimate of drug-likeness (QED) is 0.850. The van der Waals surface area contributed by atoms with E-state index in [4.69, 9.17) is 0 Å². The van der Waals surface area contributed by atoms with Gasteiger partial charge in [-0.25, -0.2) is 0 Å². The monoisotopic (exact) mass is 264 g/mol. The number of fused-ring (bicyclic) bond motifs is 1. The van der Waals surface area contributed by atoms with Crippen molar-refractivity contribution in [2.45, 2.75) is 76.3 Å². The number of piperidine rings is 1. The predicted molar refractivity (Wildman–Crippen MR) is 77.0 cm³/mol. The molecule has 1 N–H and O–H groups in total. The average molecular weight is 264 g/mol. The van der Waals surface area contributed by atoms with Crippen LogP contribution in [0.25, 0.3) is 0 Å². The fraction of sp³-hybridized carbons (Fsp3) is 0.938. The van der Waals surface area contributed by atoms with Crippen molar-refractivity contribution >= 4 is 5.91 Å². The Morgan fingerprint density at radius 2 is 1.63 bits per heavy atom. The largest absolute Gasteiger partial charge is 0.338 e. The Hall–Kier alpha value is -0.570. The predicted octanol–water partition coefficient (Wildman–Crippen LogP) is 2.70. The van der Waals surface area contributed by atoms with E-state index in [0.29, 0.717) is 24.5 Å². The topological polar surface area (TPSA) is 32.3 Å². The van der Waals surface area contributed by atoms with Crippen molar-refractivity contribution in [3.63, 3.8) is 0 Å². The zero-order chi connectivity index (χ0) is 13.1. The van der Waals surface area contributed by atoms with Crippen LogP contribution >= 0.6 is 0 Å². The number of carbonyl (C=O) groups is 1. The Kier molecular flexibility index (Phi) is 4.42. The van der Waals surface area contributed by atoms with E-state index >= 15 is 0 Å². The number of carbonyl (C=O) groups excluding carboxylic acids is 1. The molecule has 3 rings (SSSR count). The van der Waals surface area contributed by atoms with E-state index < -0.39 is 0 Å². The normalized spacial score (nSPS) is 32.3. The van der Waals surface area contributed by atoms with Crippen molar-refractivity contribution in [1.29, 1.82) is 0 Å². The SMILES string of the molecule is O=C(CNC1CCCC1)N1CCCC2CCCCC21. The highest BCUT2D eigenvalue weighted by Gasteiger charge is 2.35. The lowest BCUT2D eigenvalue weighted by Crippen LogP contribution is -2.52. The van der Waals surface area contributed by atoms with Gasteiger partial charge in [0.1, 0.15) is 0 Å². The minimum Gasteiger partial charge on any atom is -0.338 e. The van der Waals surface area contributed by atoms with E-state index in [0.717, 1.165) is 12.5 Å². The van der Waals surface area contributed by atoms with E-state index in [1.807, 2.05) is 0 Å². The van der Waals surface area contributed by atoms with Gasteiger partial charge in [-0.2, -0.15) is 0 Å². The Bertz CT molecular complexity index is 310. The fourth-order valence-corrected chi connectivity index (χ4v) is 4.40. The summed E-state index contributed by atoms with van der Waals surface area (Å²) in [6, 6.07) is 1.18. The Labute approximate surface area is 117 Å². The molecule has 3 heteroatoms. The van der Waals surface area contributed by atoms with E-state index in [2.05, 4.69) is 10.2 Å². The van der Waals surface area contributed by atoms with Crippen LogP contribution in [-0.2, 0) is 4.79 Å². The van der Waals surface area contributed by atoms with E-state index in [-0.39, 0.29) is 0 Å².